The van der Waals surface area contributed by atoms with E-state index >= 15 is 0 Å². The molecule has 4 rings (SSSR count). The van der Waals surface area contributed by atoms with Crippen molar-refractivity contribution in [1.82, 2.24) is 9.80 Å². The number of anilines is 1. The Morgan fingerprint density at radius 2 is 1.65 bits per heavy atom. The fourth-order valence-electron chi connectivity index (χ4n) is 4.88. The van der Waals surface area contributed by atoms with Gasteiger partial charge in [-0.25, -0.2) is 4.79 Å². The van der Waals surface area contributed by atoms with Gasteiger partial charge in [-0.2, -0.15) is 0 Å². The van der Waals surface area contributed by atoms with Gasteiger partial charge in [0.15, 0.2) is 5.41 Å². The van der Waals surface area contributed by atoms with Gasteiger partial charge in [0.2, 0.25) is 11.8 Å². The topological polar surface area (TPSA) is 70.2 Å². The van der Waals surface area contributed by atoms with Crippen LogP contribution in [0.25, 0.3) is 0 Å². The minimum Gasteiger partial charge on any atom is -0.372 e. The van der Waals surface area contributed by atoms with E-state index in [1.807, 2.05) is 38.1 Å². The average Bonchev–Trinajstić information content (AvgIpc) is 2.62. The number of amides is 4. The van der Waals surface area contributed by atoms with Crippen LogP contribution in [0, 0.1) is 5.41 Å². The number of morpholine rings is 1. The van der Waals surface area contributed by atoms with E-state index in [4.69, 9.17) is 4.74 Å². The highest BCUT2D eigenvalue weighted by Crippen LogP contribution is 2.48. The summed E-state index contributed by atoms with van der Waals surface area (Å²) in [7, 11) is 2.88. The first kappa shape index (κ1) is 17.0. The lowest BCUT2D eigenvalue weighted by Gasteiger charge is -2.57. The number of imide groups is 2. The molecule has 1 aromatic rings. The molecule has 0 bridgehead atoms. The third-order valence-corrected chi connectivity index (χ3v) is 5.90. The zero-order chi connectivity index (χ0) is 18.8. The van der Waals surface area contributed by atoms with Crippen molar-refractivity contribution in [3.63, 3.8) is 0 Å². The molecule has 138 valence electrons. The number of nitrogens with zero attached hydrogens (tertiary/aromatic N) is 3. The van der Waals surface area contributed by atoms with Gasteiger partial charge in [0.1, 0.15) is 0 Å². The van der Waals surface area contributed by atoms with E-state index in [9.17, 15) is 14.4 Å². The molecule has 3 aliphatic rings. The number of benzene rings is 1. The Balaban J connectivity index is 1.94. The summed E-state index contributed by atoms with van der Waals surface area (Å²) in [5.41, 5.74) is 0.626. The van der Waals surface area contributed by atoms with Gasteiger partial charge in [-0.3, -0.25) is 19.4 Å². The third kappa shape index (κ3) is 2.00. The van der Waals surface area contributed by atoms with Crippen molar-refractivity contribution in [1.29, 1.82) is 0 Å². The Morgan fingerprint density at radius 3 is 2.31 bits per heavy atom. The van der Waals surface area contributed by atoms with E-state index in [1.165, 1.54) is 14.1 Å². The number of fused-ring (bicyclic) bond motifs is 4. The number of hydrogen-bond donors (Lipinski definition) is 0. The van der Waals surface area contributed by atoms with Gasteiger partial charge in [0.05, 0.1) is 18.2 Å². The Bertz CT molecular complexity index is 784. The average molecular weight is 357 g/mol. The number of carbonyl (C=O) groups excluding carboxylic acids is 3. The van der Waals surface area contributed by atoms with Crippen LogP contribution >= 0.6 is 0 Å². The van der Waals surface area contributed by atoms with Gasteiger partial charge in [-0.05, 0) is 31.9 Å². The molecule has 3 atom stereocenters. The number of barbiturate groups is 1. The SMILES string of the molecule is C[C@H]1CN2c3ccccc3CC3(C(=O)N(C)C(=O)N(C)C3=O)[C@@H]2[C@@H](C)O1. The van der Waals surface area contributed by atoms with E-state index < -0.39 is 29.3 Å². The van der Waals surface area contributed by atoms with Gasteiger partial charge in [-0.15, -0.1) is 0 Å². The molecule has 7 heteroatoms. The molecular weight excluding hydrogens is 334 g/mol. The van der Waals surface area contributed by atoms with Crippen molar-refractivity contribution in [2.24, 2.45) is 5.41 Å². The number of urea groups is 1. The van der Waals surface area contributed by atoms with E-state index in [0.717, 1.165) is 21.1 Å². The quantitative estimate of drug-likeness (QED) is 0.654. The summed E-state index contributed by atoms with van der Waals surface area (Å²) in [5, 5.41) is 0. The third-order valence-electron chi connectivity index (χ3n) is 5.90. The molecule has 1 spiro atoms. The van der Waals surface area contributed by atoms with Crippen molar-refractivity contribution in [2.75, 3.05) is 25.5 Å². The second-order valence-electron chi connectivity index (χ2n) is 7.54. The maximum atomic E-state index is 13.3. The summed E-state index contributed by atoms with van der Waals surface area (Å²) in [6.45, 7) is 4.48. The summed E-state index contributed by atoms with van der Waals surface area (Å²) in [6, 6.07) is 6.81. The lowest BCUT2D eigenvalue weighted by molar-refractivity contribution is -0.166. The van der Waals surface area contributed by atoms with Crippen molar-refractivity contribution in [2.45, 2.75) is 38.5 Å². The summed E-state index contributed by atoms with van der Waals surface area (Å²) in [5.74, 6) is -0.889. The zero-order valence-electron chi connectivity index (χ0n) is 15.4. The van der Waals surface area contributed by atoms with Crippen molar-refractivity contribution in [3.8, 4) is 0 Å². The highest BCUT2D eigenvalue weighted by atomic mass is 16.5. The normalized spacial score (nSPS) is 30.5. The Labute approximate surface area is 152 Å². The van der Waals surface area contributed by atoms with Crippen LogP contribution < -0.4 is 4.90 Å². The molecule has 0 saturated carbocycles. The number of rotatable bonds is 0. The molecule has 4 amide bonds. The fraction of sp³-hybridized carbons (Fsp3) is 0.526. The fourth-order valence-corrected chi connectivity index (χ4v) is 4.88. The molecule has 0 unspecified atom stereocenters. The lowest BCUT2D eigenvalue weighted by atomic mass is 9.66. The Kier molecular flexibility index (Phi) is 3.63. The predicted molar refractivity (Wildman–Crippen MR) is 94.7 cm³/mol. The van der Waals surface area contributed by atoms with Crippen LogP contribution in [-0.2, 0) is 20.7 Å². The van der Waals surface area contributed by atoms with Gasteiger partial charge < -0.3 is 9.64 Å². The van der Waals surface area contributed by atoms with Crippen molar-refractivity contribution in [3.05, 3.63) is 29.8 Å². The Hall–Kier alpha value is -2.41. The number of para-hydroxylation sites is 1. The first-order chi connectivity index (χ1) is 12.3. The second kappa shape index (κ2) is 5.54. The standard InChI is InChI=1S/C19H23N3O4/c1-11-10-22-14-8-6-5-7-13(14)9-19(15(22)12(2)26-11)16(23)20(3)18(25)21(4)17(19)24/h5-8,11-12,15H,9-10H2,1-4H3/t11-,12+,15-/m0/s1. The van der Waals surface area contributed by atoms with Crippen molar-refractivity contribution >= 4 is 23.5 Å². The smallest absolute Gasteiger partial charge is 0.332 e. The van der Waals surface area contributed by atoms with Gasteiger partial charge >= 0.3 is 6.03 Å². The maximum Gasteiger partial charge on any atom is 0.332 e. The molecule has 0 N–H and O–H groups in total. The molecule has 26 heavy (non-hydrogen) atoms. The van der Waals surface area contributed by atoms with Gasteiger partial charge in [-0.1, -0.05) is 18.2 Å². The highest BCUT2D eigenvalue weighted by Gasteiger charge is 2.65. The summed E-state index contributed by atoms with van der Waals surface area (Å²) < 4.78 is 6.02. The molecule has 3 heterocycles. The molecule has 0 aromatic heterocycles. The van der Waals surface area contributed by atoms with E-state index in [-0.39, 0.29) is 18.6 Å². The highest BCUT2D eigenvalue weighted by molar-refractivity contribution is 6.20. The summed E-state index contributed by atoms with van der Waals surface area (Å²) in [6.07, 6.45) is -0.0724. The molecular formula is C19H23N3O4. The van der Waals surface area contributed by atoms with E-state index in [1.54, 1.807) is 0 Å². The molecule has 1 aromatic carbocycles. The van der Waals surface area contributed by atoms with Gasteiger partial charge in [0, 0.05) is 26.3 Å². The molecule has 2 saturated heterocycles. The molecule has 7 nitrogen and oxygen atoms in total. The van der Waals surface area contributed by atoms with Crippen LogP contribution in [0.4, 0.5) is 10.5 Å². The minimum atomic E-state index is -1.36. The first-order valence-electron chi connectivity index (χ1n) is 8.89. The molecule has 0 aliphatic carbocycles. The number of carbonyl (C=O) groups is 3. The van der Waals surface area contributed by atoms with Gasteiger partial charge in [0.25, 0.3) is 0 Å². The molecule has 0 radical (unpaired) electrons. The van der Waals surface area contributed by atoms with E-state index in [0.29, 0.717) is 6.54 Å². The van der Waals surface area contributed by atoms with Crippen LogP contribution in [0.3, 0.4) is 0 Å². The predicted octanol–water partition coefficient (Wildman–Crippen LogP) is 1.26. The van der Waals surface area contributed by atoms with Crippen LogP contribution in [0.2, 0.25) is 0 Å². The zero-order valence-corrected chi connectivity index (χ0v) is 15.4. The largest absolute Gasteiger partial charge is 0.372 e. The van der Waals surface area contributed by atoms with Crippen molar-refractivity contribution < 1.29 is 19.1 Å². The maximum absolute atomic E-state index is 13.3. The monoisotopic (exact) mass is 357 g/mol. The lowest BCUT2D eigenvalue weighted by Crippen LogP contribution is -2.75. The molecule has 2 fully saturated rings. The summed E-state index contributed by atoms with van der Waals surface area (Å²) in [4.78, 5) is 43.2. The number of hydrogen-bond acceptors (Lipinski definition) is 5. The van der Waals surface area contributed by atoms with Crippen LogP contribution in [0.15, 0.2) is 24.3 Å². The summed E-state index contributed by atoms with van der Waals surface area (Å²) >= 11 is 0. The van der Waals surface area contributed by atoms with Crippen LogP contribution in [0.1, 0.15) is 19.4 Å². The van der Waals surface area contributed by atoms with Crippen LogP contribution in [0.5, 0.6) is 0 Å². The number of ether oxygens (including phenoxy) is 1. The van der Waals surface area contributed by atoms with E-state index in [2.05, 4.69) is 4.90 Å². The first-order valence-corrected chi connectivity index (χ1v) is 8.89. The Morgan fingerprint density at radius 1 is 1.04 bits per heavy atom. The minimum absolute atomic E-state index is 0.0182. The second-order valence-corrected chi connectivity index (χ2v) is 7.54. The van der Waals surface area contributed by atoms with Crippen LogP contribution in [-0.4, -0.2) is 66.5 Å². The molecule has 3 aliphatic heterocycles.